The first-order valence-electron chi connectivity index (χ1n) is 7.51. The Morgan fingerprint density at radius 2 is 1.24 bits per heavy atom. The molecule has 1 fully saturated rings. The fourth-order valence-electron chi connectivity index (χ4n) is 1.86. The lowest BCUT2D eigenvalue weighted by molar-refractivity contribution is -0.222. The van der Waals surface area contributed by atoms with E-state index in [2.05, 4.69) is 19.7 Å². The van der Waals surface area contributed by atoms with Crippen molar-refractivity contribution in [1.82, 2.24) is 0 Å². The van der Waals surface area contributed by atoms with Crippen molar-refractivity contribution in [1.29, 1.82) is 0 Å². The smallest absolute Gasteiger partial charge is 0.333 e. The molecule has 0 bridgehead atoms. The number of rotatable bonds is 6. The first-order chi connectivity index (χ1) is 11.5. The second-order valence-corrected chi connectivity index (χ2v) is 5.82. The van der Waals surface area contributed by atoms with Crippen molar-refractivity contribution >= 4 is 17.9 Å². The summed E-state index contributed by atoms with van der Waals surface area (Å²) in [6.45, 7) is 14.7. The lowest BCUT2D eigenvalue weighted by atomic mass is 10.0. The van der Waals surface area contributed by atoms with Gasteiger partial charge in [-0.05, 0) is 20.8 Å². The Labute approximate surface area is 146 Å². The third-order valence-electron chi connectivity index (χ3n) is 3.26. The first kappa shape index (κ1) is 20.6. The quantitative estimate of drug-likeness (QED) is 0.423. The first-order valence-corrected chi connectivity index (χ1v) is 7.51. The molecule has 138 valence electrons. The fourth-order valence-corrected chi connectivity index (χ4v) is 1.86. The molecule has 4 atom stereocenters. The van der Waals surface area contributed by atoms with Crippen molar-refractivity contribution in [2.75, 3.05) is 6.61 Å². The van der Waals surface area contributed by atoms with Crippen molar-refractivity contribution in [3.05, 3.63) is 36.5 Å². The summed E-state index contributed by atoms with van der Waals surface area (Å²) in [5.74, 6) is -2.19. The maximum Gasteiger partial charge on any atom is 0.333 e. The Balaban J connectivity index is 3.09. The molecule has 0 aromatic rings. The normalized spacial score (nSPS) is 25.4. The summed E-state index contributed by atoms with van der Waals surface area (Å²) in [6, 6.07) is 0. The minimum atomic E-state index is -1.19. The number of ether oxygens (including phenoxy) is 4. The minimum Gasteiger partial charge on any atom is -0.452 e. The number of esters is 3. The second kappa shape index (κ2) is 8.59. The summed E-state index contributed by atoms with van der Waals surface area (Å²) < 4.78 is 21.0. The van der Waals surface area contributed by atoms with E-state index in [1.54, 1.807) is 0 Å². The van der Waals surface area contributed by atoms with Crippen LogP contribution in [0.15, 0.2) is 36.5 Å². The van der Waals surface area contributed by atoms with Crippen LogP contribution in [0, 0.1) is 0 Å². The van der Waals surface area contributed by atoms with E-state index in [0.717, 1.165) is 0 Å². The van der Waals surface area contributed by atoms with E-state index >= 15 is 0 Å². The lowest BCUT2D eigenvalue weighted by Gasteiger charge is -2.39. The molecule has 0 aromatic heterocycles. The summed E-state index contributed by atoms with van der Waals surface area (Å²) in [7, 11) is 0. The van der Waals surface area contributed by atoms with E-state index in [1.165, 1.54) is 20.8 Å². The molecule has 8 heteroatoms. The average Bonchev–Trinajstić information content (AvgIpc) is 2.52. The zero-order chi connectivity index (χ0) is 19.3. The van der Waals surface area contributed by atoms with Crippen LogP contribution in [0.4, 0.5) is 0 Å². The van der Waals surface area contributed by atoms with Gasteiger partial charge in [0.15, 0.2) is 18.3 Å². The Hall–Kier alpha value is -2.45. The van der Waals surface area contributed by atoms with Crippen LogP contribution in [0.25, 0.3) is 0 Å². The van der Waals surface area contributed by atoms with Crippen molar-refractivity contribution < 1.29 is 33.3 Å². The summed E-state index contributed by atoms with van der Waals surface area (Å²) in [4.78, 5) is 35.6. The average molecular weight is 353 g/mol. The van der Waals surface area contributed by atoms with Crippen molar-refractivity contribution in [2.45, 2.75) is 45.3 Å². The fraction of sp³-hybridized carbons (Fsp3) is 0.471. The van der Waals surface area contributed by atoms with E-state index in [0.29, 0.717) is 0 Å². The van der Waals surface area contributed by atoms with Crippen LogP contribution in [-0.4, -0.2) is 49.1 Å². The zero-order valence-electron chi connectivity index (χ0n) is 14.6. The minimum absolute atomic E-state index is 0.120. The topological polar surface area (TPSA) is 114 Å². The van der Waals surface area contributed by atoms with Gasteiger partial charge in [-0.1, -0.05) is 19.7 Å². The summed E-state index contributed by atoms with van der Waals surface area (Å²) in [6.07, 6.45) is -4.47. The summed E-state index contributed by atoms with van der Waals surface area (Å²) >= 11 is 0. The van der Waals surface area contributed by atoms with Crippen LogP contribution in [0.3, 0.4) is 0 Å². The molecule has 1 rings (SSSR count). The highest BCUT2D eigenvalue weighted by Gasteiger charge is 2.46. The molecule has 1 saturated heterocycles. The second-order valence-electron chi connectivity index (χ2n) is 5.82. The van der Waals surface area contributed by atoms with Crippen LogP contribution in [-0.2, 0) is 33.3 Å². The molecule has 0 saturated carbocycles. The summed E-state index contributed by atoms with van der Waals surface area (Å²) in [5.41, 5.74) is 6.21. The van der Waals surface area contributed by atoms with E-state index in [-0.39, 0.29) is 23.3 Å². The maximum absolute atomic E-state index is 11.9. The molecule has 1 aliphatic heterocycles. The van der Waals surface area contributed by atoms with E-state index < -0.39 is 42.4 Å². The molecule has 2 N–H and O–H groups in total. The van der Waals surface area contributed by atoms with Gasteiger partial charge in [-0.2, -0.15) is 0 Å². The molecule has 1 aliphatic rings. The monoisotopic (exact) mass is 353 g/mol. The van der Waals surface area contributed by atoms with Gasteiger partial charge in [0, 0.05) is 16.7 Å². The molecule has 0 aliphatic carbocycles. The SMILES string of the molecule is C=C(C)C(=O)OC1COC(N)C(OC(=O)C(=C)C)C1OC(=O)C(=C)C. The zero-order valence-corrected chi connectivity index (χ0v) is 14.6. The van der Waals surface area contributed by atoms with Gasteiger partial charge in [0.05, 0.1) is 6.61 Å². The van der Waals surface area contributed by atoms with E-state index in [4.69, 9.17) is 24.7 Å². The highest BCUT2D eigenvalue weighted by Crippen LogP contribution is 2.24. The van der Waals surface area contributed by atoms with Crippen molar-refractivity contribution in [3.63, 3.8) is 0 Å². The van der Waals surface area contributed by atoms with Crippen molar-refractivity contribution in [2.24, 2.45) is 5.73 Å². The molecule has 1 heterocycles. The van der Waals surface area contributed by atoms with Gasteiger partial charge in [-0.15, -0.1) is 0 Å². The number of carbonyl (C=O) groups is 3. The molecule has 25 heavy (non-hydrogen) atoms. The Morgan fingerprint density at radius 3 is 1.68 bits per heavy atom. The predicted molar refractivity (Wildman–Crippen MR) is 88.0 cm³/mol. The third kappa shape index (κ3) is 5.54. The summed E-state index contributed by atoms with van der Waals surface area (Å²) in [5, 5.41) is 0. The van der Waals surface area contributed by atoms with Crippen LogP contribution >= 0.6 is 0 Å². The van der Waals surface area contributed by atoms with Gasteiger partial charge in [-0.25, -0.2) is 14.4 Å². The lowest BCUT2D eigenvalue weighted by Crippen LogP contribution is -2.60. The van der Waals surface area contributed by atoms with Gasteiger partial charge >= 0.3 is 17.9 Å². The highest BCUT2D eigenvalue weighted by atomic mass is 16.6. The van der Waals surface area contributed by atoms with E-state index in [9.17, 15) is 14.4 Å². The van der Waals surface area contributed by atoms with E-state index in [1.807, 2.05) is 0 Å². The van der Waals surface area contributed by atoms with Gasteiger partial charge in [0.25, 0.3) is 0 Å². The van der Waals surface area contributed by atoms with Gasteiger partial charge < -0.3 is 24.7 Å². The Bertz CT molecular complexity index is 610. The van der Waals surface area contributed by atoms with Crippen LogP contribution in [0.1, 0.15) is 20.8 Å². The Morgan fingerprint density at radius 1 is 0.840 bits per heavy atom. The number of hydrogen-bond donors (Lipinski definition) is 1. The van der Waals surface area contributed by atoms with Crippen LogP contribution in [0.2, 0.25) is 0 Å². The molecule has 8 nitrogen and oxygen atoms in total. The molecule has 0 spiro atoms. The molecule has 4 unspecified atom stereocenters. The number of hydrogen-bond acceptors (Lipinski definition) is 8. The molecule has 0 radical (unpaired) electrons. The van der Waals surface area contributed by atoms with Crippen molar-refractivity contribution in [3.8, 4) is 0 Å². The largest absolute Gasteiger partial charge is 0.452 e. The third-order valence-corrected chi connectivity index (χ3v) is 3.26. The van der Waals surface area contributed by atoms with Crippen LogP contribution < -0.4 is 5.73 Å². The van der Waals surface area contributed by atoms with Gasteiger partial charge in [0.1, 0.15) is 6.23 Å². The standard InChI is InChI=1S/C17H23NO7/c1-8(2)15(19)23-11-7-22-14(18)13(25-17(21)10(5)6)12(11)24-16(20)9(3)4/h11-14H,1,3,5,7,18H2,2,4,6H3. The number of carbonyl (C=O) groups excluding carboxylic acids is 3. The van der Waals surface area contributed by atoms with Crippen LogP contribution in [0.5, 0.6) is 0 Å². The molecule has 0 amide bonds. The maximum atomic E-state index is 11.9. The molecular formula is C17H23NO7. The molecular weight excluding hydrogens is 330 g/mol. The number of nitrogens with two attached hydrogens (primary N) is 1. The van der Waals surface area contributed by atoms with Gasteiger partial charge in [0.2, 0.25) is 0 Å². The Kier molecular flexibility index (Phi) is 7.08. The molecule has 0 aromatic carbocycles. The highest BCUT2D eigenvalue weighted by molar-refractivity contribution is 5.88. The predicted octanol–water partition coefficient (Wildman–Crippen LogP) is 0.765. The van der Waals surface area contributed by atoms with Gasteiger partial charge in [-0.3, -0.25) is 0 Å².